The number of rotatable bonds is 3. The van der Waals surface area contributed by atoms with Crippen molar-refractivity contribution < 1.29 is 13.2 Å². The van der Waals surface area contributed by atoms with E-state index in [1.165, 1.54) is 0 Å². The van der Waals surface area contributed by atoms with Crippen molar-refractivity contribution in [1.29, 1.82) is 0 Å². The van der Waals surface area contributed by atoms with Gasteiger partial charge in [0.15, 0.2) is 0 Å². The molecule has 102 valence electrons. The number of pyridine rings is 1. The van der Waals surface area contributed by atoms with E-state index in [0.29, 0.717) is 5.69 Å². The lowest BCUT2D eigenvalue weighted by molar-refractivity contribution is -0.141. The molecule has 0 saturated carbocycles. The normalized spacial score (nSPS) is 12.6. The van der Waals surface area contributed by atoms with Crippen LogP contribution in [0.5, 0.6) is 0 Å². The van der Waals surface area contributed by atoms with Crippen molar-refractivity contribution in [3.05, 3.63) is 18.0 Å². The lowest BCUT2D eigenvalue weighted by atomic mass is 9.99. The van der Waals surface area contributed by atoms with Crippen LogP contribution in [-0.4, -0.2) is 17.6 Å². The average Bonchev–Trinajstić information content (AvgIpc) is 2.27. The molecule has 2 N–H and O–H groups in total. The summed E-state index contributed by atoms with van der Waals surface area (Å²) in [7, 11) is 1.73. The van der Waals surface area contributed by atoms with E-state index >= 15 is 0 Å². The third kappa shape index (κ3) is 2.86. The molecule has 0 unspecified atom stereocenters. The number of anilines is 2. The number of nitrogens with two attached hydrogens (primary N) is 1. The van der Waals surface area contributed by atoms with E-state index in [2.05, 4.69) is 4.98 Å². The van der Waals surface area contributed by atoms with E-state index in [4.69, 9.17) is 5.73 Å². The predicted molar refractivity (Wildman–Crippen MR) is 66.4 cm³/mol. The summed E-state index contributed by atoms with van der Waals surface area (Å²) in [4.78, 5) is 5.07. The number of hydrogen-bond donors (Lipinski definition) is 1. The highest BCUT2D eigenvalue weighted by Gasteiger charge is 2.34. The summed E-state index contributed by atoms with van der Waals surface area (Å²) >= 11 is 0. The van der Waals surface area contributed by atoms with Crippen molar-refractivity contribution in [2.75, 3.05) is 17.7 Å². The molecule has 0 spiro atoms. The molecule has 0 fully saturated rings. The molecule has 0 atom stereocenters. The van der Waals surface area contributed by atoms with Gasteiger partial charge in [-0.1, -0.05) is 6.92 Å². The fraction of sp³-hybridized carbons (Fsp3) is 0.583. The van der Waals surface area contributed by atoms with E-state index in [-0.39, 0.29) is 11.2 Å². The highest BCUT2D eigenvalue weighted by Crippen LogP contribution is 2.35. The van der Waals surface area contributed by atoms with Gasteiger partial charge in [-0.2, -0.15) is 13.2 Å². The second-order valence-corrected chi connectivity index (χ2v) is 4.85. The zero-order chi connectivity index (χ0) is 14.1. The topological polar surface area (TPSA) is 42.2 Å². The molecule has 0 aliphatic rings. The van der Waals surface area contributed by atoms with Crippen molar-refractivity contribution in [2.45, 2.75) is 38.9 Å². The van der Waals surface area contributed by atoms with Crippen LogP contribution in [0.15, 0.2) is 12.3 Å². The lowest BCUT2D eigenvalue weighted by Crippen LogP contribution is -2.41. The second kappa shape index (κ2) is 4.66. The summed E-state index contributed by atoms with van der Waals surface area (Å²) in [6.45, 7) is 5.86. The van der Waals surface area contributed by atoms with E-state index in [1.54, 1.807) is 11.9 Å². The van der Waals surface area contributed by atoms with Crippen LogP contribution in [0.3, 0.4) is 0 Å². The smallest absolute Gasteiger partial charge is 0.396 e. The molecule has 1 rings (SSSR count). The quantitative estimate of drug-likeness (QED) is 0.907. The molecule has 18 heavy (non-hydrogen) atoms. The monoisotopic (exact) mass is 261 g/mol. The third-order valence-electron chi connectivity index (χ3n) is 3.34. The Bertz CT molecular complexity index is 427. The first kappa shape index (κ1) is 14.6. The minimum atomic E-state index is -4.46. The Kier molecular flexibility index (Phi) is 3.78. The number of nitrogens with zero attached hydrogens (tertiary/aromatic N) is 2. The van der Waals surface area contributed by atoms with Gasteiger partial charge >= 0.3 is 6.18 Å². The summed E-state index contributed by atoms with van der Waals surface area (Å²) in [6, 6.07) is 0.993. The summed E-state index contributed by atoms with van der Waals surface area (Å²) in [5, 5.41) is 0. The molecule has 0 radical (unpaired) electrons. The fourth-order valence-electron chi connectivity index (χ4n) is 1.46. The fourth-order valence-corrected chi connectivity index (χ4v) is 1.46. The number of alkyl halides is 3. The maximum atomic E-state index is 12.6. The van der Waals surface area contributed by atoms with Crippen LogP contribution in [0.2, 0.25) is 0 Å². The molecule has 0 saturated heterocycles. The van der Waals surface area contributed by atoms with Gasteiger partial charge in [0.1, 0.15) is 5.69 Å². The van der Waals surface area contributed by atoms with Crippen LogP contribution >= 0.6 is 0 Å². The summed E-state index contributed by atoms with van der Waals surface area (Å²) in [6.07, 6.45) is -2.62. The van der Waals surface area contributed by atoms with Crippen molar-refractivity contribution in [3.8, 4) is 0 Å². The Hall–Kier alpha value is -1.46. The average molecular weight is 261 g/mol. The van der Waals surface area contributed by atoms with Gasteiger partial charge in [0.2, 0.25) is 0 Å². The maximum absolute atomic E-state index is 12.6. The van der Waals surface area contributed by atoms with Crippen molar-refractivity contribution in [1.82, 2.24) is 4.98 Å². The summed E-state index contributed by atoms with van der Waals surface area (Å²) < 4.78 is 37.9. The molecular formula is C12H18F3N3. The molecule has 3 nitrogen and oxygen atoms in total. The first-order chi connectivity index (χ1) is 8.09. The van der Waals surface area contributed by atoms with Crippen LogP contribution in [0.1, 0.15) is 32.9 Å². The maximum Gasteiger partial charge on any atom is 0.433 e. The van der Waals surface area contributed by atoms with Gasteiger partial charge in [-0.25, -0.2) is 4.98 Å². The van der Waals surface area contributed by atoms with Crippen LogP contribution in [0, 0.1) is 0 Å². The zero-order valence-corrected chi connectivity index (χ0v) is 11.0. The minimum absolute atomic E-state index is 0.243. The van der Waals surface area contributed by atoms with Crippen LogP contribution < -0.4 is 10.6 Å². The highest BCUT2D eigenvalue weighted by atomic mass is 19.4. The minimum Gasteiger partial charge on any atom is -0.396 e. The standard InChI is InChI=1S/C12H18F3N3/c1-5-11(2,3)18(4)9-6-10(12(13,14)15)17-7-8(9)16/h6-7H,5,16H2,1-4H3. The van der Waals surface area contributed by atoms with Gasteiger partial charge in [-0.15, -0.1) is 0 Å². The molecule has 6 heteroatoms. The van der Waals surface area contributed by atoms with E-state index < -0.39 is 11.9 Å². The number of nitrogen functional groups attached to an aromatic ring is 1. The number of halogens is 3. The van der Waals surface area contributed by atoms with Crippen molar-refractivity contribution in [2.24, 2.45) is 0 Å². The molecule has 0 aromatic carbocycles. The summed E-state index contributed by atoms with van der Waals surface area (Å²) in [5.74, 6) is 0. The largest absolute Gasteiger partial charge is 0.433 e. The first-order valence-electron chi connectivity index (χ1n) is 5.66. The predicted octanol–water partition coefficient (Wildman–Crippen LogP) is 3.31. The number of hydrogen-bond acceptors (Lipinski definition) is 3. The Balaban J connectivity index is 3.24. The molecular weight excluding hydrogens is 243 g/mol. The highest BCUT2D eigenvalue weighted by molar-refractivity contribution is 5.67. The second-order valence-electron chi connectivity index (χ2n) is 4.85. The Morgan fingerprint density at radius 3 is 2.33 bits per heavy atom. The molecule has 0 aliphatic heterocycles. The van der Waals surface area contributed by atoms with Gasteiger partial charge in [0.25, 0.3) is 0 Å². The molecule has 1 aromatic rings. The SMILES string of the molecule is CCC(C)(C)N(C)c1cc(C(F)(F)F)ncc1N. The van der Waals surface area contributed by atoms with Gasteiger partial charge in [-0.3, -0.25) is 0 Å². The van der Waals surface area contributed by atoms with E-state index in [0.717, 1.165) is 18.7 Å². The Morgan fingerprint density at radius 1 is 1.33 bits per heavy atom. The van der Waals surface area contributed by atoms with Gasteiger partial charge < -0.3 is 10.6 Å². The van der Waals surface area contributed by atoms with Crippen LogP contribution in [0.4, 0.5) is 24.5 Å². The molecule has 0 aliphatic carbocycles. The lowest BCUT2D eigenvalue weighted by Gasteiger charge is -2.37. The summed E-state index contributed by atoms with van der Waals surface area (Å²) in [5.41, 5.74) is 5.10. The first-order valence-corrected chi connectivity index (χ1v) is 5.66. The number of aromatic nitrogens is 1. The van der Waals surface area contributed by atoms with E-state index in [9.17, 15) is 13.2 Å². The van der Waals surface area contributed by atoms with E-state index in [1.807, 2.05) is 20.8 Å². The van der Waals surface area contributed by atoms with Gasteiger partial charge in [0, 0.05) is 12.6 Å². The molecule has 0 amide bonds. The Morgan fingerprint density at radius 2 is 1.89 bits per heavy atom. The Labute approximate surface area is 105 Å². The van der Waals surface area contributed by atoms with Crippen molar-refractivity contribution in [3.63, 3.8) is 0 Å². The van der Waals surface area contributed by atoms with Gasteiger partial charge in [0.05, 0.1) is 17.6 Å². The third-order valence-corrected chi connectivity index (χ3v) is 3.34. The van der Waals surface area contributed by atoms with Crippen molar-refractivity contribution >= 4 is 11.4 Å². The van der Waals surface area contributed by atoms with Crippen LogP contribution in [-0.2, 0) is 6.18 Å². The van der Waals surface area contributed by atoms with Crippen LogP contribution in [0.25, 0.3) is 0 Å². The zero-order valence-electron chi connectivity index (χ0n) is 11.0. The molecule has 1 aromatic heterocycles. The molecule has 1 heterocycles. The van der Waals surface area contributed by atoms with Gasteiger partial charge in [-0.05, 0) is 26.3 Å². The molecule has 0 bridgehead atoms.